The molecule has 0 saturated heterocycles. The van der Waals surface area contributed by atoms with Gasteiger partial charge in [-0.15, -0.1) is 0 Å². The number of hydrogen-bond acceptors (Lipinski definition) is 3. The largest absolute Gasteiger partial charge is 0.507 e. The SMILES string of the molecule is CCCCCN=Cc1ccc(OC)cc1O. The van der Waals surface area contributed by atoms with Crippen LogP contribution in [-0.2, 0) is 0 Å². The maximum absolute atomic E-state index is 9.65. The first-order valence-electron chi connectivity index (χ1n) is 5.64. The first-order valence-corrected chi connectivity index (χ1v) is 5.64. The van der Waals surface area contributed by atoms with Crippen molar-refractivity contribution in [1.29, 1.82) is 0 Å². The Bertz CT molecular complexity index is 348. The third-order valence-corrected chi connectivity index (χ3v) is 2.36. The summed E-state index contributed by atoms with van der Waals surface area (Å²) in [5, 5.41) is 9.65. The molecule has 0 radical (unpaired) electrons. The Hall–Kier alpha value is -1.51. The third-order valence-electron chi connectivity index (χ3n) is 2.36. The first-order chi connectivity index (χ1) is 7.77. The number of benzene rings is 1. The summed E-state index contributed by atoms with van der Waals surface area (Å²) in [6.07, 6.45) is 5.21. The molecule has 0 aromatic heterocycles. The average molecular weight is 221 g/mol. The van der Waals surface area contributed by atoms with Crippen LogP contribution in [0.25, 0.3) is 0 Å². The van der Waals surface area contributed by atoms with E-state index in [-0.39, 0.29) is 5.75 Å². The number of aliphatic imine (C=N–C) groups is 1. The molecule has 88 valence electrons. The van der Waals surface area contributed by atoms with E-state index in [0.29, 0.717) is 5.75 Å². The van der Waals surface area contributed by atoms with Crippen LogP contribution in [0.15, 0.2) is 23.2 Å². The van der Waals surface area contributed by atoms with Crippen LogP contribution in [0, 0.1) is 0 Å². The molecule has 0 spiro atoms. The number of hydrogen-bond donors (Lipinski definition) is 1. The molecule has 1 rings (SSSR count). The van der Waals surface area contributed by atoms with Gasteiger partial charge in [0.15, 0.2) is 0 Å². The highest BCUT2D eigenvalue weighted by molar-refractivity contribution is 5.83. The molecule has 0 heterocycles. The maximum atomic E-state index is 9.65. The lowest BCUT2D eigenvalue weighted by molar-refractivity contribution is 0.407. The average Bonchev–Trinajstić information content (AvgIpc) is 2.30. The van der Waals surface area contributed by atoms with Gasteiger partial charge in [-0.1, -0.05) is 19.8 Å². The molecule has 1 aromatic rings. The number of aromatic hydroxyl groups is 1. The van der Waals surface area contributed by atoms with Gasteiger partial charge in [0.2, 0.25) is 0 Å². The van der Waals surface area contributed by atoms with Gasteiger partial charge in [-0.3, -0.25) is 4.99 Å². The fourth-order valence-electron chi connectivity index (χ4n) is 1.38. The summed E-state index contributed by atoms with van der Waals surface area (Å²) in [5.74, 6) is 0.860. The summed E-state index contributed by atoms with van der Waals surface area (Å²) < 4.78 is 5.00. The summed E-state index contributed by atoms with van der Waals surface area (Å²) in [6.45, 7) is 2.98. The van der Waals surface area contributed by atoms with Crippen molar-refractivity contribution in [3.05, 3.63) is 23.8 Å². The maximum Gasteiger partial charge on any atom is 0.128 e. The Morgan fingerprint density at radius 2 is 2.19 bits per heavy atom. The zero-order chi connectivity index (χ0) is 11.8. The van der Waals surface area contributed by atoms with E-state index in [1.807, 2.05) is 6.07 Å². The molecule has 0 amide bonds. The van der Waals surface area contributed by atoms with Crippen LogP contribution in [0.5, 0.6) is 11.5 Å². The van der Waals surface area contributed by atoms with Crippen molar-refractivity contribution in [2.75, 3.05) is 13.7 Å². The molecule has 0 unspecified atom stereocenters. The smallest absolute Gasteiger partial charge is 0.128 e. The second-order valence-corrected chi connectivity index (χ2v) is 3.67. The molecule has 3 heteroatoms. The number of methoxy groups -OCH3 is 1. The fraction of sp³-hybridized carbons (Fsp3) is 0.462. The molecular weight excluding hydrogens is 202 g/mol. The van der Waals surface area contributed by atoms with E-state index in [0.717, 1.165) is 18.5 Å². The number of ether oxygens (including phenoxy) is 1. The van der Waals surface area contributed by atoms with Crippen LogP contribution < -0.4 is 4.74 Å². The normalized spacial score (nSPS) is 10.9. The number of rotatable bonds is 6. The molecule has 0 fully saturated rings. The van der Waals surface area contributed by atoms with E-state index in [1.165, 1.54) is 12.8 Å². The molecule has 16 heavy (non-hydrogen) atoms. The van der Waals surface area contributed by atoms with E-state index in [9.17, 15) is 5.11 Å². The monoisotopic (exact) mass is 221 g/mol. The van der Waals surface area contributed by atoms with E-state index >= 15 is 0 Å². The lowest BCUT2D eigenvalue weighted by Crippen LogP contribution is -1.88. The minimum Gasteiger partial charge on any atom is -0.507 e. The zero-order valence-corrected chi connectivity index (χ0v) is 9.94. The molecule has 3 nitrogen and oxygen atoms in total. The molecule has 0 atom stereocenters. The van der Waals surface area contributed by atoms with Gasteiger partial charge in [0.05, 0.1) is 7.11 Å². The molecule has 1 aromatic carbocycles. The summed E-state index contributed by atoms with van der Waals surface area (Å²) >= 11 is 0. The quantitative estimate of drug-likeness (QED) is 0.592. The molecule has 0 saturated carbocycles. The Labute approximate surface area is 96.8 Å². The minimum atomic E-state index is 0.207. The van der Waals surface area contributed by atoms with Crippen molar-refractivity contribution in [2.45, 2.75) is 26.2 Å². The van der Waals surface area contributed by atoms with E-state index in [4.69, 9.17) is 4.74 Å². The lowest BCUT2D eigenvalue weighted by Gasteiger charge is -2.02. The van der Waals surface area contributed by atoms with E-state index in [2.05, 4.69) is 11.9 Å². The van der Waals surface area contributed by atoms with Gasteiger partial charge in [-0.2, -0.15) is 0 Å². The Morgan fingerprint density at radius 3 is 2.81 bits per heavy atom. The zero-order valence-electron chi connectivity index (χ0n) is 9.94. The van der Waals surface area contributed by atoms with Crippen molar-refractivity contribution >= 4 is 6.21 Å². The van der Waals surface area contributed by atoms with Gasteiger partial charge >= 0.3 is 0 Å². The number of phenols is 1. The highest BCUT2D eigenvalue weighted by Gasteiger charge is 1.99. The highest BCUT2D eigenvalue weighted by atomic mass is 16.5. The summed E-state index contributed by atoms with van der Waals surface area (Å²) in [4.78, 5) is 4.27. The summed E-state index contributed by atoms with van der Waals surface area (Å²) in [5.41, 5.74) is 0.734. The summed E-state index contributed by atoms with van der Waals surface area (Å²) in [6, 6.07) is 5.21. The van der Waals surface area contributed by atoms with Gasteiger partial charge in [0.1, 0.15) is 11.5 Å². The van der Waals surface area contributed by atoms with Crippen LogP contribution in [-0.4, -0.2) is 25.0 Å². The predicted octanol–water partition coefficient (Wildman–Crippen LogP) is 3.01. The van der Waals surface area contributed by atoms with Gasteiger partial charge in [0, 0.05) is 24.4 Å². The third kappa shape index (κ3) is 3.93. The Morgan fingerprint density at radius 1 is 1.38 bits per heavy atom. The van der Waals surface area contributed by atoms with E-state index in [1.54, 1.807) is 25.5 Å². The second-order valence-electron chi connectivity index (χ2n) is 3.67. The lowest BCUT2D eigenvalue weighted by atomic mass is 10.2. The van der Waals surface area contributed by atoms with Crippen molar-refractivity contribution in [1.82, 2.24) is 0 Å². The van der Waals surface area contributed by atoms with Crippen LogP contribution in [0.1, 0.15) is 31.7 Å². The molecule has 0 aliphatic carbocycles. The van der Waals surface area contributed by atoms with Crippen molar-refractivity contribution < 1.29 is 9.84 Å². The Balaban J connectivity index is 2.53. The van der Waals surface area contributed by atoms with Crippen molar-refractivity contribution in [3.8, 4) is 11.5 Å². The molecule has 1 N–H and O–H groups in total. The molecule has 0 aliphatic heterocycles. The number of unbranched alkanes of at least 4 members (excludes halogenated alkanes) is 2. The highest BCUT2D eigenvalue weighted by Crippen LogP contribution is 2.21. The van der Waals surface area contributed by atoms with Gasteiger partial charge in [-0.25, -0.2) is 0 Å². The topological polar surface area (TPSA) is 41.8 Å². The van der Waals surface area contributed by atoms with Gasteiger partial charge in [0.25, 0.3) is 0 Å². The number of nitrogens with zero attached hydrogens (tertiary/aromatic N) is 1. The fourth-order valence-corrected chi connectivity index (χ4v) is 1.38. The standard InChI is InChI=1S/C13H19NO2/c1-3-4-5-8-14-10-11-6-7-12(16-2)9-13(11)15/h6-7,9-10,15H,3-5,8H2,1-2H3. The van der Waals surface area contributed by atoms with Crippen LogP contribution in [0.3, 0.4) is 0 Å². The molecular formula is C13H19NO2. The molecule has 0 aliphatic rings. The summed E-state index contributed by atoms with van der Waals surface area (Å²) in [7, 11) is 1.58. The number of phenolic OH excluding ortho intramolecular Hbond substituents is 1. The Kier molecular flexibility index (Phi) is 5.40. The predicted molar refractivity (Wildman–Crippen MR) is 66.6 cm³/mol. The van der Waals surface area contributed by atoms with Crippen LogP contribution in [0.2, 0.25) is 0 Å². The van der Waals surface area contributed by atoms with Crippen LogP contribution >= 0.6 is 0 Å². The first kappa shape index (κ1) is 12.6. The van der Waals surface area contributed by atoms with Gasteiger partial charge in [-0.05, 0) is 18.6 Å². The van der Waals surface area contributed by atoms with Crippen molar-refractivity contribution in [2.24, 2.45) is 4.99 Å². The minimum absolute atomic E-state index is 0.207. The molecule has 0 bridgehead atoms. The van der Waals surface area contributed by atoms with Crippen LogP contribution in [0.4, 0.5) is 0 Å². The van der Waals surface area contributed by atoms with Gasteiger partial charge < -0.3 is 9.84 Å². The van der Waals surface area contributed by atoms with E-state index < -0.39 is 0 Å². The second kappa shape index (κ2) is 6.88. The van der Waals surface area contributed by atoms with Crippen molar-refractivity contribution in [3.63, 3.8) is 0 Å².